The fourth-order valence-electron chi connectivity index (χ4n) is 2.02. The first-order valence-electron chi connectivity index (χ1n) is 5.93. The summed E-state index contributed by atoms with van der Waals surface area (Å²) >= 11 is 1.13. The SMILES string of the molecule is CC1(C)CCN(C(=O)OC(C)(C)C)[CH]([Zn])C1.Cl. The third-order valence-corrected chi connectivity index (χ3v) is 4.42. The van der Waals surface area contributed by atoms with Gasteiger partial charge in [0.2, 0.25) is 0 Å². The first-order chi connectivity index (χ1) is 7.11. The number of carbonyl (C=O) groups is 1. The Morgan fingerprint density at radius 1 is 1.41 bits per heavy atom. The Morgan fingerprint density at radius 3 is 2.35 bits per heavy atom. The number of hydrogen-bond acceptors (Lipinski definition) is 2. The number of piperidine rings is 1. The van der Waals surface area contributed by atoms with Gasteiger partial charge in [0.05, 0.1) is 0 Å². The predicted octanol–water partition coefficient (Wildman–Crippen LogP) is 3.34. The van der Waals surface area contributed by atoms with Crippen LogP contribution in [0.15, 0.2) is 0 Å². The van der Waals surface area contributed by atoms with Crippen molar-refractivity contribution in [1.82, 2.24) is 4.90 Å². The summed E-state index contributed by atoms with van der Waals surface area (Å²) in [6.07, 6.45) is 2.04. The second-order valence-corrected chi connectivity index (χ2v) is 8.42. The quantitative estimate of drug-likeness (QED) is 0.642. The van der Waals surface area contributed by atoms with Crippen molar-refractivity contribution in [2.45, 2.75) is 57.7 Å². The fourth-order valence-corrected chi connectivity index (χ4v) is 4.35. The van der Waals surface area contributed by atoms with Crippen molar-refractivity contribution in [3.05, 3.63) is 0 Å². The third-order valence-electron chi connectivity index (χ3n) is 2.89. The molecular weight excluding hydrogens is 291 g/mol. The van der Waals surface area contributed by atoms with Crippen LogP contribution in [0.25, 0.3) is 0 Å². The number of amides is 1. The van der Waals surface area contributed by atoms with Gasteiger partial charge < -0.3 is 0 Å². The molecule has 0 aromatic carbocycles. The Hall–Kier alpha value is 0.183. The standard InChI is InChI=1S/C12H22NO2.ClH.Zn/c1-11(2,3)15-10(14)13-8-6-12(4,5)7-9-13;;/h8H,6-7,9H2,1-5H3;1H;. The second kappa shape index (κ2) is 5.88. The van der Waals surface area contributed by atoms with Crippen molar-refractivity contribution in [3.8, 4) is 0 Å². The summed E-state index contributed by atoms with van der Waals surface area (Å²) in [5.41, 5.74) is -0.00873. The third kappa shape index (κ3) is 5.57. The Bertz CT molecular complexity index is 276. The van der Waals surface area contributed by atoms with Gasteiger partial charge >= 0.3 is 108 Å². The van der Waals surface area contributed by atoms with E-state index in [9.17, 15) is 4.79 Å². The topological polar surface area (TPSA) is 29.5 Å². The average Bonchev–Trinajstić information content (AvgIpc) is 1.97. The first-order valence-corrected chi connectivity index (χ1v) is 7.65. The molecule has 5 heteroatoms. The summed E-state index contributed by atoms with van der Waals surface area (Å²) in [5.74, 6) is 0. The summed E-state index contributed by atoms with van der Waals surface area (Å²) in [6.45, 7) is 11.1. The maximum atomic E-state index is 12.0. The first kappa shape index (κ1) is 17.2. The molecule has 17 heavy (non-hydrogen) atoms. The maximum Gasteiger partial charge on any atom is -0.147 e. The molecule has 1 heterocycles. The molecule has 1 saturated heterocycles. The number of ether oxygens (including phenoxy) is 1. The van der Waals surface area contributed by atoms with Crippen LogP contribution in [0.4, 0.5) is 4.79 Å². The van der Waals surface area contributed by atoms with Crippen molar-refractivity contribution in [2.24, 2.45) is 5.41 Å². The predicted molar refractivity (Wildman–Crippen MR) is 67.0 cm³/mol. The zero-order valence-corrected chi connectivity index (χ0v) is 15.4. The average molecular weight is 314 g/mol. The molecule has 0 aromatic rings. The summed E-state index contributed by atoms with van der Waals surface area (Å²) in [5, 5.41) is 0. The number of carbonyl (C=O) groups excluding carboxylic acids is 1. The van der Waals surface area contributed by atoms with Gasteiger partial charge in [0.25, 0.3) is 0 Å². The van der Waals surface area contributed by atoms with Gasteiger partial charge in [-0.05, 0) is 0 Å². The molecule has 97 valence electrons. The van der Waals surface area contributed by atoms with Crippen LogP contribution < -0.4 is 0 Å². The molecule has 1 unspecified atom stereocenters. The van der Waals surface area contributed by atoms with E-state index in [-0.39, 0.29) is 24.1 Å². The molecular formula is C12H23ClNO2Zn. The molecule has 1 aliphatic heterocycles. The minimum absolute atomic E-state index is 0. The van der Waals surface area contributed by atoms with Gasteiger partial charge in [-0.25, -0.2) is 0 Å². The molecule has 0 aliphatic carbocycles. The number of likely N-dealkylation sites (tertiary alicyclic amines) is 1. The minimum Gasteiger partial charge on any atom is -0.147 e. The van der Waals surface area contributed by atoms with E-state index in [1.54, 1.807) is 0 Å². The Balaban J connectivity index is 0.00000256. The zero-order chi connectivity index (χ0) is 12.6. The zero-order valence-electron chi connectivity index (χ0n) is 11.6. The fraction of sp³-hybridized carbons (Fsp3) is 0.917. The Labute approximate surface area is 121 Å². The van der Waals surface area contributed by atoms with Gasteiger partial charge in [-0.15, -0.1) is 12.4 Å². The number of hydrogen-bond donors (Lipinski definition) is 0. The molecule has 0 aromatic heterocycles. The van der Waals surface area contributed by atoms with Gasteiger partial charge in [0.1, 0.15) is 0 Å². The molecule has 1 fully saturated rings. The summed E-state index contributed by atoms with van der Waals surface area (Å²) < 4.78 is 5.82. The molecule has 0 N–H and O–H groups in total. The minimum atomic E-state index is -0.385. The van der Waals surface area contributed by atoms with E-state index < -0.39 is 0 Å². The van der Waals surface area contributed by atoms with Crippen LogP contribution in [-0.2, 0) is 23.0 Å². The van der Waals surface area contributed by atoms with E-state index in [0.717, 1.165) is 37.7 Å². The number of rotatable bonds is 0. The number of nitrogens with zero attached hydrogens (tertiary/aromatic N) is 1. The van der Waals surface area contributed by atoms with E-state index in [0.29, 0.717) is 10.1 Å². The molecule has 1 rings (SSSR count). The van der Waals surface area contributed by atoms with Crippen LogP contribution in [0.3, 0.4) is 0 Å². The molecule has 0 radical (unpaired) electrons. The monoisotopic (exact) mass is 312 g/mol. The van der Waals surface area contributed by atoms with Crippen molar-refractivity contribution < 1.29 is 27.8 Å². The van der Waals surface area contributed by atoms with Gasteiger partial charge in [-0.3, -0.25) is 0 Å². The Morgan fingerprint density at radius 2 is 1.94 bits per heavy atom. The molecule has 1 atom stereocenters. The van der Waals surface area contributed by atoms with E-state index in [2.05, 4.69) is 13.8 Å². The second-order valence-electron chi connectivity index (χ2n) is 6.45. The van der Waals surface area contributed by atoms with Crippen molar-refractivity contribution in [2.75, 3.05) is 6.54 Å². The van der Waals surface area contributed by atoms with Gasteiger partial charge in [0.15, 0.2) is 0 Å². The largest absolute Gasteiger partial charge is 0.147 e. The maximum absolute atomic E-state index is 12.0. The summed E-state index contributed by atoms with van der Waals surface area (Å²) in [7, 11) is 0. The summed E-state index contributed by atoms with van der Waals surface area (Å²) in [6, 6.07) is 0. The summed E-state index contributed by atoms with van der Waals surface area (Å²) in [4.78, 5) is 13.9. The van der Waals surface area contributed by atoms with Crippen LogP contribution >= 0.6 is 12.4 Å². The van der Waals surface area contributed by atoms with E-state index in [4.69, 9.17) is 4.74 Å². The normalized spacial score (nSPS) is 23.9. The van der Waals surface area contributed by atoms with Crippen LogP contribution in [0, 0.1) is 5.41 Å². The molecule has 1 amide bonds. The molecule has 0 bridgehead atoms. The number of halogens is 1. The molecule has 0 spiro atoms. The molecule has 1 aliphatic rings. The van der Waals surface area contributed by atoms with Gasteiger partial charge in [-0.2, -0.15) is 0 Å². The van der Waals surface area contributed by atoms with Crippen LogP contribution in [-0.4, -0.2) is 27.8 Å². The van der Waals surface area contributed by atoms with Crippen LogP contribution in [0.1, 0.15) is 47.5 Å². The van der Waals surface area contributed by atoms with Crippen molar-refractivity contribution in [3.63, 3.8) is 0 Å². The Kier molecular flexibility index (Phi) is 5.95. The van der Waals surface area contributed by atoms with E-state index in [1.807, 2.05) is 25.7 Å². The van der Waals surface area contributed by atoms with Crippen LogP contribution in [0.5, 0.6) is 0 Å². The van der Waals surface area contributed by atoms with E-state index >= 15 is 0 Å². The van der Waals surface area contributed by atoms with Crippen molar-refractivity contribution >= 4 is 18.5 Å². The van der Waals surface area contributed by atoms with Gasteiger partial charge in [0, 0.05) is 0 Å². The molecule has 0 saturated carbocycles. The van der Waals surface area contributed by atoms with Crippen LogP contribution in [0.2, 0.25) is 0 Å². The van der Waals surface area contributed by atoms with E-state index in [1.165, 1.54) is 0 Å². The molecule has 3 nitrogen and oxygen atoms in total. The van der Waals surface area contributed by atoms with Crippen molar-refractivity contribution in [1.29, 1.82) is 0 Å². The van der Waals surface area contributed by atoms with Gasteiger partial charge in [-0.1, -0.05) is 0 Å². The smallest absolute Gasteiger partial charge is 0.147 e.